The van der Waals surface area contributed by atoms with Crippen LogP contribution in [0.25, 0.3) is 0 Å². The van der Waals surface area contributed by atoms with Crippen LogP contribution in [-0.4, -0.2) is 23.6 Å². The molecule has 3 aromatic carbocycles. The summed E-state index contributed by atoms with van der Waals surface area (Å²) in [6.45, 7) is 8.44. The van der Waals surface area contributed by atoms with Gasteiger partial charge in [0.1, 0.15) is 0 Å². The fraction of sp³-hybridized carbons (Fsp3) is 0.188. The first kappa shape index (κ1) is 25.1. The molecule has 3 aromatic rings. The first-order chi connectivity index (χ1) is 18.0. The molecular formula is C32H28N2O4. The zero-order chi connectivity index (χ0) is 27.2. The number of hydrogen-bond acceptors (Lipinski definition) is 4. The summed E-state index contributed by atoms with van der Waals surface area (Å²) in [5.41, 5.74) is 4.46. The van der Waals surface area contributed by atoms with Crippen LogP contribution in [0, 0.1) is 0 Å². The number of anilines is 2. The van der Waals surface area contributed by atoms with Crippen molar-refractivity contribution in [3.8, 4) is 0 Å². The van der Waals surface area contributed by atoms with E-state index in [9.17, 15) is 19.2 Å². The normalized spacial score (nSPS) is 15.8. The molecule has 0 spiro atoms. The molecule has 0 atom stereocenters. The molecule has 6 nitrogen and oxygen atoms in total. The molecule has 0 fully saturated rings. The van der Waals surface area contributed by atoms with E-state index in [0.29, 0.717) is 11.4 Å². The molecule has 6 heteroatoms. The van der Waals surface area contributed by atoms with Crippen LogP contribution in [0.3, 0.4) is 0 Å². The SMILES string of the molecule is CC(C)(c1ccc(C(C)(C)c2cccc(N3C(=O)C=CC3=O)c2)cc1)c1cccc(N2C(=O)C=CC2=O)c1. The van der Waals surface area contributed by atoms with Crippen molar-refractivity contribution in [3.05, 3.63) is 119 Å². The number of rotatable bonds is 6. The summed E-state index contributed by atoms with van der Waals surface area (Å²) in [6, 6.07) is 23.4. The maximum absolute atomic E-state index is 12.2. The summed E-state index contributed by atoms with van der Waals surface area (Å²) < 4.78 is 0. The summed E-state index contributed by atoms with van der Waals surface area (Å²) in [4.78, 5) is 51.0. The lowest BCUT2D eigenvalue weighted by Crippen LogP contribution is -2.30. The van der Waals surface area contributed by atoms with Crippen molar-refractivity contribution in [2.45, 2.75) is 38.5 Å². The third-order valence-corrected chi connectivity index (χ3v) is 7.60. The Kier molecular flexibility index (Phi) is 5.98. The van der Waals surface area contributed by atoms with Crippen LogP contribution in [-0.2, 0) is 30.0 Å². The van der Waals surface area contributed by atoms with Gasteiger partial charge in [0.25, 0.3) is 23.6 Å². The zero-order valence-corrected chi connectivity index (χ0v) is 21.8. The Bertz CT molecular complexity index is 1390. The van der Waals surface area contributed by atoms with Gasteiger partial charge in [-0.15, -0.1) is 0 Å². The van der Waals surface area contributed by atoms with Gasteiger partial charge in [0, 0.05) is 35.1 Å². The van der Waals surface area contributed by atoms with Crippen molar-refractivity contribution in [1.82, 2.24) is 0 Å². The molecular weight excluding hydrogens is 476 g/mol. The van der Waals surface area contributed by atoms with Gasteiger partial charge in [-0.1, -0.05) is 76.2 Å². The number of nitrogens with zero attached hydrogens (tertiary/aromatic N) is 2. The van der Waals surface area contributed by atoms with Gasteiger partial charge in [-0.05, 0) is 46.5 Å². The fourth-order valence-corrected chi connectivity index (χ4v) is 5.01. The number of carbonyl (C=O) groups is 4. The van der Waals surface area contributed by atoms with E-state index in [0.717, 1.165) is 22.3 Å². The van der Waals surface area contributed by atoms with Gasteiger partial charge in [-0.3, -0.25) is 19.2 Å². The van der Waals surface area contributed by atoms with E-state index < -0.39 is 0 Å². The van der Waals surface area contributed by atoms with Gasteiger partial charge in [0.05, 0.1) is 11.4 Å². The Hall–Kier alpha value is -4.58. The number of carbonyl (C=O) groups excluding carboxylic acids is 4. The Morgan fingerprint density at radius 3 is 1.08 bits per heavy atom. The van der Waals surface area contributed by atoms with Crippen molar-refractivity contribution in [3.63, 3.8) is 0 Å². The van der Waals surface area contributed by atoms with E-state index in [1.165, 1.54) is 34.1 Å². The smallest absolute Gasteiger partial charge is 0.258 e. The zero-order valence-electron chi connectivity index (χ0n) is 21.8. The van der Waals surface area contributed by atoms with Gasteiger partial charge >= 0.3 is 0 Å². The van der Waals surface area contributed by atoms with Crippen LogP contribution in [0.1, 0.15) is 49.9 Å². The highest BCUT2D eigenvalue weighted by molar-refractivity contribution is 6.28. The third kappa shape index (κ3) is 4.18. The average Bonchev–Trinajstić information content (AvgIpc) is 3.43. The lowest BCUT2D eigenvalue weighted by molar-refractivity contribution is -0.121. The molecule has 38 heavy (non-hydrogen) atoms. The topological polar surface area (TPSA) is 74.8 Å². The van der Waals surface area contributed by atoms with E-state index in [-0.39, 0.29) is 34.5 Å². The first-order valence-corrected chi connectivity index (χ1v) is 12.4. The highest BCUT2D eigenvalue weighted by Crippen LogP contribution is 2.38. The van der Waals surface area contributed by atoms with Gasteiger partial charge in [-0.2, -0.15) is 0 Å². The molecule has 2 aliphatic heterocycles. The molecule has 4 amide bonds. The highest BCUT2D eigenvalue weighted by atomic mass is 16.2. The predicted octanol–water partition coefficient (Wildman–Crippen LogP) is 5.20. The van der Waals surface area contributed by atoms with E-state index in [1.54, 1.807) is 12.1 Å². The van der Waals surface area contributed by atoms with E-state index in [1.807, 2.05) is 36.4 Å². The third-order valence-electron chi connectivity index (χ3n) is 7.60. The van der Waals surface area contributed by atoms with E-state index in [2.05, 4.69) is 52.0 Å². The standard InChI is InChI=1S/C32H28N2O4/c1-31(2,23-7-5-9-25(19-23)33-27(35)15-16-28(33)36)21-11-13-22(14-12-21)32(3,4)24-8-6-10-26(20-24)34-29(37)17-18-30(34)38/h5-20H,1-4H3. The second kappa shape index (κ2) is 9.06. The van der Waals surface area contributed by atoms with Crippen molar-refractivity contribution in [1.29, 1.82) is 0 Å². The Morgan fingerprint density at radius 1 is 0.447 bits per heavy atom. The molecule has 0 N–H and O–H groups in total. The molecule has 5 rings (SSSR count). The van der Waals surface area contributed by atoms with Gasteiger partial charge in [0.2, 0.25) is 0 Å². The van der Waals surface area contributed by atoms with E-state index in [4.69, 9.17) is 0 Å². The summed E-state index contributed by atoms with van der Waals surface area (Å²) in [6.07, 6.45) is 5.14. The van der Waals surface area contributed by atoms with E-state index >= 15 is 0 Å². The Labute approximate surface area is 221 Å². The number of amides is 4. The molecule has 2 heterocycles. The van der Waals surface area contributed by atoms with Crippen molar-refractivity contribution < 1.29 is 19.2 Å². The molecule has 0 aliphatic carbocycles. The van der Waals surface area contributed by atoms with Crippen LogP contribution in [0.4, 0.5) is 11.4 Å². The van der Waals surface area contributed by atoms with Gasteiger partial charge < -0.3 is 0 Å². The minimum Gasteiger partial charge on any atom is -0.269 e. The second-order valence-corrected chi connectivity index (χ2v) is 10.6. The quantitative estimate of drug-likeness (QED) is 0.433. The number of hydrogen-bond donors (Lipinski definition) is 0. The number of benzene rings is 3. The molecule has 0 unspecified atom stereocenters. The first-order valence-electron chi connectivity index (χ1n) is 12.4. The average molecular weight is 505 g/mol. The Balaban J connectivity index is 1.42. The van der Waals surface area contributed by atoms with Gasteiger partial charge in [-0.25, -0.2) is 9.80 Å². The largest absolute Gasteiger partial charge is 0.269 e. The van der Waals surface area contributed by atoms with Crippen LogP contribution in [0.5, 0.6) is 0 Å². The summed E-state index contributed by atoms with van der Waals surface area (Å²) >= 11 is 0. The van der Waals surface area contributed by atoms with Crippen molar-refractivity contribution in [2.24, 2.45) is 0 Å². The lowest BCUT2D eigenvalue weighted by Gasteiger charge is -2.30. The van der Waals surface area contributed by atoms with Crippen molar-refractivity contribution in [2.75, 3.05) is 9.80 Å². The molecule has 0 bridgehead atoms. The summed E-state index contributed by atoms with van der Waals surface area (Å²) in [5, 5.41) is 0. The molecule has 190 valence electrons. The maximum atomic E-state index is 12.2. The highest BCUT2D eigenvalue weighted by Gasteiger charge is 2.31. The Morgan fingerprint density at radius 2 is 0.763 bits per heavy atom. The van der Waals surface area contributed by atoms with Crippen LogP contribution >= 0.6 is 0 Å². The fourth-order valence-electron chi connectivity index (χ4n) is 5.01. The molecule has 0 radical (unpaired) electrons. The monoisotopic (exact) mass is 504 g/mol. The van der Waals surface area contributed by atoms with Crippen LogP contribution in [0.15, 0.2) is 97.1 Å². The van der Waals surface area contributed by atoms with Crippen molar-refractivity contribution >= 4 is 35.0 Å². The van der Waals surface area contributed by atoms with Crippen LogP contribution < -0.4 is 9.80 Å². The molecule has 0 saturated heterocycles. The second-order valence-electron chi connectivity index (χ2n) is 10.6. The number of imide groups is 2. The minimum absolute atomic E-state index is 0.338. The summed E-state index contributed by atoms with van der Waals surface area (Å²) in [5.74, 6) is -1.35. The molecule has 2 aliphatic rings. The maximum Gasteiger partial charge on any atom is 0.258 e. The van der Waals surface area contributed by atoms with Crippen LogP contribution in [0.2, 0.25) is 0 Å². The minimum atomic E-state index is -0.388. The predicted molar refractivity (Wildman–Crippen MR) is 147 cm³/mol. The van der Waals surface area contributed by atoms with Gasteiger partial charge in [0.15, 0.2) is 0 Å². The summed E-state index contributed by atoms with van der Waals surface area (Å²) in [7, 11) is 0. The molecule has 0 saturated carbocycles. The lowest BCUT2D eigenvalue weighted by atomic mass is 9.74. The molecule has 0 aromatic heterocycles.